The normalized spacial score (nSPS) is 58.7. The van der Waals surface area contributed by atoms with E-state index in [9.17, 15) is 0 Å². The molecule has 0 N–H and O–H groups in total. The zero-order valence-electron chi connectivity index (χ0n) is 4.69. The van der Waals surface area contributed by atoms with Crippen molar-refractivity contribution in [2.45, 2.75) is 18.7 Å². The van der Waals surface area contributed by atoms with Gasteiger partial charge < -0.3 is 14.2 Å². The van der Waals surface area contributed by atoms with Crippen molar-refractivity contribution in [1.29, 1.82) is 0 Å². The van der Waals surface area contributed by atoms with Gasteiger partial charge in [0.1, 0.15) is 6.10 Å². The van der Waals surface area contributed by atoms with Crippen LogP contribution < -0.4 is 0 Å². The summed E-state index contributed by atoms with van der Waals surface area (Å²) in [6, 6.07) is 0. The van der Waals surface area contributed by atoms with Gasteiger partial charge in [-0.1, -0.05) is 0 Å². The molecule has 3 heterocycles. The van der Waals surface area contributed by atoms with Gasteiger partial charge in [0.15, 0.2) is 6.29 Å². The second-order valence-electron chi connectivity index (χ2n) is 2.52. The summed E-state index contributed by atoms with van der Waals surface area (Å²) in [6.07, 6.45) is 4.00. The Morgan fingerprint density at radius 3 is 3.00 bits per heavy atom. The van der Waals surface area contributed by atoms with Gasteiger partial charge in [0.05, 0.1) is 12.2 Å². The van der Waals surface area contributed by atoms with Crippen LogP contribution in [0.1, 0.15) is 0 Å². The lowest BCUT2D eigenvalue weighted by atomic mass is 10.1. The molecule has 2 saturated heterocycles. The maximum Gasteiger partial charge on any atom is 0.210 e. The average Bonchev–Trinajstić information content (AvgIpc) is 2.38. The largest absolute Gasteiger partial charge is 0.472 e. The van der Waals surface area contributed by atoms with Crippen LogP contribution >= 0.6 is 0 Å². The van der Waals surface area contributed by atoms with Crippen molar-refractivity contribution in [3.8, 4) is 0 Å². The van der Waals surface area contributed by atoms with E-state index < -0.39 is 0 Å². The summed E-state index contributed by atoms with van der Waals surface area (Å²) in [4.78, 5) is 0. The SMILES string of the molecule is C1=C[C@H]2[C@@H](O1)O[C@H]1O[C@H]12. The molecule has 0 bridgehead atoms. The van der Waals surface area contributed by atoms with Crippen molar-refractivity contribution < 1.29 is 14.2 Å². The van der Waals surface area contributed by atoms with Crippen LogP contribution in [0.3, 0.4) is 0 Å². The van der Waals surface area contributed by atoms with E-state index in [0.717, 1.165) is 0 Å². The summed E-state index contributed by atoms with van der Waals surface area (Å²) >= 11 is 0. The lowest BCUT2D eigenvalue weighted by molar-refractivity contribution is -0.136. The molecule has 0 aliphatic carbocycles. The van der Waals surface area contributed by atoms with Crippen LogP contribution in [0.15, 0.2) is 12.3 Å². The van der Waals surface area contributed by atoms with E-state index in [-0.39, 0.29) is 12.6 Å². The molecule has 3 aliphatic heterocycles. The molecule has 0 amide bonds. The number of rotatable bonds is 0. The second kappa shape index (κ2) is 1.15. The zero-order valence-corrected chi connectivity index (χ0v) is 4.69. The summed E-state index contributed by atoms with van der Waals surface area (Å²) in [5.41, 5.74) is 0. The van der Waals surface area contributed by atoms with Crippen LogP contribution in [0, 0.1) is 5.92 Å². The molecule has 9 heavy (non-hydrogen) atoms. The van der Waals surface area contributed by atoms with Crippen LogP contribution in [0.5, 0.6) is 0 Å². The summed E-state index contributed by atoms with van der Waals surface area (Å²) < 4.78 is 15.5. The topological polar surface area (TPSA) is 31.0 Å². The van der Waals surface area contributed by atoms with E-state index in [0.29, 0.717) is 12.0 Å². The van der Waals surface area contributed by atoms with Crippen LogP contribution in [-0.4, -0.2) is 18.7 Å². The molecule has 3 heteroatoms. The zero-order chi connectivity index (χ0) is 5.84. The minimum atomic E-state index is -0.0336. The molecule has 0 saturated carbocycles. The van der Waals surface area contributed by atoms with Crippen molar-refractivity contribution in [3.63, 3.8) is 0 Å². The van der Waals surface area contributed by atoms with Crippen molar-refractivity contribution in [3.05, 3.63) is 12.3 Å². The van der Waals surface area contributed by atoms with Crippen LogP contribution in [0.4, 0.5) is 0 Å². The molecule has 0 radical (unpaired) electrons. The Balaban J connectivity index is 1.95. The molecule has 3 aliphatic rings. The van der Waals surface area contributed by atoms with E-state index in [1.807, 2.05) is 6.08 Å². The molecule has 0 spiro atoms. The molecule has 3 nitrogen and oxygen atoms in total. The molecule has 4 atom stereocenters. The molecule has 0 aromatic carbocycles. The molecular weight excluding hydrogens is 120 g/mol. The van der Waals surface area contributed by atoms with Gasteiger partial charge in [-0.2, -0.15) is 0 Å². The van der Waals surface area contributed by atoms with E-state index in [4.69, 9.17) is 14.2 Å². The van der Waals surface area contributed by atoms with Crippen molar-refractivity contribution in [2.75, 3.05) is 0 Å². The first-order valence-corrected chi connectivity index (χ1v) is 3.08. The minimum Gasteiger partial charge on any atom is -0.472 e. The number of epoxide rings is 1. The van der Waals surface area contributed by atoms with E-state index in [2.05, 4.69) is 0 Å². The van der Waals surface area contributed by atoms with Gasteiger partial charge in [-0.15, -0.1) is 0 Å². The van der Waals surface area contributed by atoms with Gasteiger partial charge in [0, 0.05) is 0 Å². The molecule has 0 aromatic rings. The van der Waals surface area contributed by atoms with Crippen molar-refractivity contribution in [2.24, 2.45) is 5.92 Å². The van der Waals surface area contributed by atoms with Gasteiger partial charge in [-0.3, -0.25) is 0 Å². The standard InChI is InChI=1S/C6H6O3/c1-2-7-5-3(1)4-6(8-4)9-5/h1-6H/t3-,4+,5+,6-/m1/s1. The van der Waals surface area contributed by atoms with E-state index in [1.165, 1.54) is 0 Å². The highest BCUT2D eigenvalue weighted by Crippen LogP contribution is 2.45. The number of hydrogen-bond acceptors (Lipinski definition) is 3. The highest BCUT2D eigenvalue weighted by atomic mass is 16.8. The van der Waals surface area contributed by atoms with Crippen molar-refractivity contribution >= 4 is 0 Å². The lowest BCUT2D eigenvalue weighted by Gasteiger charge is -2.09. The number of fused-ring (bicyclic) bond motifs is 3. The van der Waals surface area contributed by atoms with Gasteiger partial charge >= 0.3 is 0 Å². The van der Waals surface area contributed by atoms with Crippen LogP contribution in [0.2, 0.25) is 0 Å². The van der Waals surface area contributed by atoms with E-state index >= 15 is 0 Å². The first-order valence-electron chi connectivity index (χ1n) is 3.08. The molecular formula is C6H6O3. The third-order valence-electron chi connectivity index (χ3n) is 1.96. The van der Waals surface area contributed by atoms with Gasteiger partial charge in [0.25, 0.3) is 0 Å². The summed E-state index contributed by atoms with van der Waals surface area (Å²) in [7, 11) is 0. The Hall–Kier alpha value is -0.540. The predicted octanol–water partition coefficient (Wildman–Crippen LogP) is 0.228. The third kappa shape index (κ3) is 0.404. The molecule has 0 unspecified atom stereocenters. The molecule has 2 fully saturated rings. The first-order chi connectivity index (χ1) is 4.45. The van der Waals surface area contributed by atoms with E-state index in [1.54, 1.807) is 6.26 Å². The molecule has 3 rings (SSSR count). The molecule has 0 aromatic heterocycles. The third-order valence-corrected chi connectivity index (χ3v) is 1.96. The highest BCUT2D eigenvalue weighted by molar-refractivity contribution is 5.06. The Morgan fingerprint density at radius 2 is 2.11 bits per heavy atom. The second-order valence-corrected chi connectivity index (χ2v) is 2.52. The summed E-state index contributed by atoms with van der Waals surface area (Å²) in [6.45, 7) is 0. The number of hydrogen-bond donors (Lipinski definition) is 0. The first kappa shape index (κ1) is 4.30. The molecule has 48 valence electrons. The predicted molar refractivity (Wildman–Crippen MR) is 27.2 cm³/mol. The van der Waals surface area contributed by atoms with Gasteiger partial charge in [0.2, 0.25) is 6.29 Å². The smallest absolute Gasteiger partial charge is 0.210 e. The Kier molecular flexibility index (Phi) is 0.549. The number of ether oxygens (including phenoxy) is 3. The Morgan fingerprint density at radius 1 is 1.11 bits per heavy atom. The van der Waals surface area contributed by atoms with Crippen LogP contribution in [0.25, 0.3) is 0 Å². The fraction of sp³-hybridized carbons (Fsp3) is 0.667. The van der Waals surface area contributed by atoms with Crippen molar-refractivity contribution in [1.82, 2.24) is 0 Å². The minimum absolute atomic E-state index is 0.0336. The fourth-order valence-electron chi connectivity index (χ4n) is 1.41. The fourth-order valence-corrected chi connectivity index (χ4v) is 1.41. The highest BCUT2D eigenvalue weighted by Gasteiger charge is 2.58. The monoisotopic (exact) mass is 126 g/mol. The quantitative estimate of drug-likeness (QED) is 0.435. The average molecular weight is 126 g/mol. The Labute approximate surface area is 52.2 Å². The lowest BCUT2D eigenvalue weighted by Crippen LogP contribution is -2.16. The van der Waals surface area contributed by atoms with Gasteiger partial charge in [-0.25, -0.2) is 0 Å². The summed E-state index contributed by atoms with van der Waals surface area (Å²) in [5.74, 6) is 0.370. The maximum absolute atomic E-state index is 5.25. The van der Waals surface area contributed by atoms with Gasteiger partial charge in [-0.05, 0) is 6.08 Å². The Bertz CT molecular complexity index is 177. The summed E-state index contributed by atoms with van der Waals surface area (Å²) in [5, 5.41) is 0. The van der Waals surface area contributed by atoms with Crippen LogP contribution in [-0.2, 0) is 14.2 Å². The maximum atomic E-state index is 5.25.